The number of para-hydroxylation sites is 1. The number of ether oxygens (including phenoxy) is 1. The molecule has 0 bridgehead atoms. The molecule has 0 amide bonds. The van der Waals surface area contributed by atoms with Crippen molar-refractivity contribution in [3.8, 4) is 17.0 Å². The van der Waals surface area contributed by atoms with Gasteiger partial charge >= 0.3 is 12.3 Å². The van der Waals surface area contributed by atoms with E-state index in [-0.39, 0.29) is 21.8 Å². The predicted octanol–water partition coefficient (Wildman–Crippen LogP) is 4.00. The van der Waals surface area contributed by atoms with E-state index in [4.69, 9.17) is 16.7 Å². The lowest BCUT2D eigenvalue weighted by molar-refractivity contribution is -0.274. The lowest BCUT2D eigenvalue weighted by Gasteiger charge is -2.14. The maximum absolute atomic E-state index is 12.4. The molecular formula is C13H7ClF3NO3. The summed E-state index contributed by atoms with van der Waals surface area (Å²) in [6.07, 6.45) is -3.73. The van der Waals surface area contributed by atoms with Gasteiger partial charge in [0.15, 0.2) is 0 Å². The van der Waals surface area contributed by atoms with Crippen LogP contribution in [0.25, 0.3) is 11.3 Å². The number of aromatic carboxylic acids is 1. The third kappa shape index (κ3) is 3.43. The fourth-order valence-electron chi connectivity index (χ4n) is 1.67. The number of carbonyl (C=O) groups is 1. The van der Waals surface area contributed by atoms with Crippen molar-refractivity contribution < 1.29 is 27.8 Å². The Morgan fingerprint density at radius 3 is 2.52 bits per heavy atom. The van der Waals surface area contributed by atoms with E-state index in [1.54, 1.807) is 0 Å². The van der Waals surface area contributed by atoms with Gasteiger partial charge in [0.05, 0.1) is 16.3 Å². The van der Waals surface area contributed by atoms with Crippen LogP contribution in [0.1, 0.15) is 10.4 Å². The van der Waals surface area contributed by atoms with Crippen LogP contribution in [0, 0.1) is 0 Å². The summed E-state index contributed by atoms with van der Waals surface area (Å²) in [6.45, 7) is 0. The summed E-state index contributed by atoms with van der Waals surface area (Å²) >= 11 is 5.90. The Morgan fingerprint density at radius 2 is 1.90 bits per heavy atom. The molecule has 1 aromatic heterocycles. The van der Waals surface area contributed by atoms with Crippen LogP contribution in [0.3, 0.4) is 0 Å². The van der Waals surface area contributed by atoms with Crippen molar-refractivity contribution in [2.24, 2.45) is 0 Å². The minimum atomic E-state index is -4.88. The second kappa shape index (κ2) is 5.61. The number of aromatic nitrogens is 1. The summed E-state index contributed by atoms with van der Waals surface area (Å²) in [7, 11) is 0. The van der Waals surface area contributed by atoms with Gasteiger partial charge in [0.1, 0.15) is 5.75 Å². The van der Waals surface area contributed by atoms with Crippen LogP contribution in [0.2, 0.25) is 5.02 Å². The van der Waals surface area contributed by atoms with E-state index in [2.05, 4.69) is 9.72 Å². The van der Waals surface area contributed by atoms with Gasteiger partial charge in [0, 0.05) is 11.8 Å². The van der Waals surface area contributed by atoms with Gasteiger partial charge in [-0.25, -0.2) is 4.79 Å². The van der Waals surface area contributed by atoms with Crippen LogP contribution in [0.15, 0.2) is 36.5 Å². The molecule has 4 nitrogen and oxygen atoms in total. The van der Waals surface area contributed by atoms with Gasteiger partial charge in [-0.15, -0.1) is 13.2 Å². The molecule has 1 heterocycles. The quantitative estimate of drug-likeness (QED) is 0.929. The molecular weight excluding hydrogens is 311 g/mol. The summed E-state index contributed by atoms with van der Waals surface area (Å²) in [5, 5.41) is 8.71. The number of nitrogens with zero attached hydrogens (tertiary/aromatic N) is 1. The highest BCUT2D eigenvalue weighted by Crippen LogP contribution is 2.37. The Kier molecular flexibility index (Phi) is 4.04. The summed E-state index contributed by atoms with van der Waals surface area (Å²) < 4.78 is 41.0. The maximum atomic E-state index is 12.4. The Labute approximate surface area is 121 Å². The summed E-state index contributed by atoms with van der Waals surface area (Å²) in [4.78, 5) is 14.8. The fraction of sp³-hybridized carbons (Fsp3) is 0.0769. The van der Waals surface area contributed by atoms with E-state index >= 15 is 0 Å². The van der Waals surface area contributed by atoms with Gasteiger partial charge in [0.25, 0.3) is 0 Å². The zero-order chi connectivity index (χ0) is 15.6. The molecule has 0 aliphatic carbocycles. The Bertz CT molecular complexity index is 689. The summed E-state index contributed by atoms with van der Waals surface area (Å²) in [5.74, 6) is -1.82. The largest absolute Gasteiger partial charge is 0.573 e. The first-order chi connectivity index (χ1) is 9.79. The van der Waals surface area contributed by atoms with Crippen LogP contribution in [-0.4, -0.2) is 22.4 Å². The number of rotatable bonds is 3. The van der Waals surface area contributed by atoms with Crippen molar-refractivity contribution >= 4 is 17.6 Å². The van der Waals surface area contributed by atoms with Gasteiger partial charge in [0.2, 0.25) is 0 Å². The van der Waals surface area contributed by atoms with Gasteiger partial charge in [-0.3, -0.25) is 4.98 Å². The number of alkyl halides is 3. The van der Waals surface area contributed by atoms with Gasteiger partial charge < -0.3 is 9.84 Å². The lowest BCUT2D eigenvalue weighted by Crippen LogP contribution is -2.17. The van der Waals surface area contributed by atoms with Gasteiger partial charge in [-0.1, -0.05) is 23.7 Å². The molecule has 0 aliphatic heterocycles. The van der Waals surface area contributed by atoms with Crippen molar-refractivity contribution in [3.05, 3.63) is 47.1 Å². The first kappa shape index (κ1) is 15.1. The molecule has 8 heteroatoms. The first-order valence-corrected chi connectivity index (χ1v) is 5.90. The van der Waals surface area contributed by atoms with E-state index in [9.17, 15) is 18.0 Å². The molecule has 0 spiro atoms. The summed E-state index contributed by atoms with van der Waals surface area (Å²) in [5.41, 5.74) is -0.414. The van der Waals surface area contributed by atoms with Crippen LogP contribution in [0.4, 0.5) is 13.2 Å². The number of carboxylic acids is 1. The number of hydrogen-bond acceptors (Lipinski definition) is 3. The van der Waals surface area contributed by atoms with Gasteiger partial charge in [-0.05, 0) is 18.2 Å². The first-order valence-electron chi connectivity index (χ1n) is 5.52. The number of carboxylic acid groups (broad SMARTS) is 1. The Morgan fingerprint density at radius 1 is 1.24 bits per heavy atom. The molecule has 0 unspecified atom stereocenters. The molecule has 21 heavy (non-hydrogen) atoms. The third-order valence-corrected chi connectivity index (χ3v) is 2.87. The van der Waals surface area contributed by atoms with Crippen molar-refractivity contribution in [2.75, 3.05) is 0 Å². The molecule has 1 aromatic carbocycles. The van der Waals surface area contributed by atoms with E-state index < -0.39 is 18.1 Å². The SMILES string of the molecule is O=C(O)c1ccnc(-c2ccccc2OC(F)(F)F)c1Cl. The molecule has 2 rings (SSSR count). The standard InChI is InChI=1S/C13H7ClF3NO3/c14-10-8(12(19)20)5-6-18-11(10)7-3-1-2-4-9(7)21-13(15,16)17/h1-6H,(H,19,20). The van der Waals surface area contributed by atoms with Crippen molar-refractivity contribution in [3.63, 3.8) is 0 Å². The fourth-order valence-corrected chi connectivity index (χ4v) is 1.97. The highest BCUT2D eigenvalue weighted by Gasteiger charge is 2.32. The molecule has 0 fully saturated rings. The topological polar surface area (TPSA) is 59.4 Å². The smallest absolute Gasteiger partial charge is 0.478 e. The monoisotopic (exact) mass is 317 g/mol. The minimum Gasteiger partial charge on any atom is -0.478 e. The van der Waals surface area contributed by atoms with E-state index in [1.165, 1.54) is 18.2 Å². The number of halogens is 4. The van der Waals surface area contributed by atoms with Gasteiger partial charge in [-0.2, -0.15) is 0 Å². The molecule has 0 saturated heterocycles. The average molecular weight is 318 g/mol. The van der Waals surface area contributed by atoms with Crippen molar-refractivity contribution in [2.45, 2.75) is 6.36 Å². The zero-order valence-corrected chi connectivity index (χ0v) is 10.9. The zero-order valence-electron chi connectivity index (χ0n) is 10.2. The lowest BCUT2D eigenvalue weighted by atomic mass is 10.1. The number of benzene rings is 1. The second-order valence-electron chi connectivity index (χ2n) is 3.87. The second-order valence-corrected chi connectivity index (χ2v) is 4.25. The molecule has 110 valence electrons. The van der Waals surface area contributed by atoms with Crippen molar-refractivity contribution in [1.82, 2.24) is 4.98 Å². The molecule has 0 aliphatic rings. The molecule has 0 atom stereocenters. The maximum Gasteiger partial charge on any atom is 0.573 e. The van der Waals surface area contributed by atoms with E-state index in [1.807, 2.05) is 0 Å². The Balaban J connectivity index is 2.58. The van der Waals surface area contributed by atoms with Crippen LogP contribution in [0.5, 0.6) is 5.75 Å². The summed E-state index contributed by atoms with van der Waals surface area (Å²) in [6, 6.07) is 6.36. The van der Waals surface area contributed by atoms with Crippen LogP contribution >= 0.6 is 11.6 Å². The van der Waals surface area contributed by atoms with E-state index in [0.717, 1.165) is 18.3 Å². The average Bonchev–Trinajstić information content (AvgIpc) is 2.38. The minimum absolute atomic E-state index is 0.0528. The molecule has 2 aromatic rings. The highest BCUT2D eigenvalue weighted by atomic mass is 35.5. The van der Waals surface area contributed by atoms with Crippen LogP contribution in [-0.2, 0) is 0 Å². The predicted molar refractivity (Wildman–Crippen MR) is 68.3 cm³/mol. The molecule has 1 N–H and O–H groups in total. The van der Waals surface area contributed by atoms with Crippen LogP contribution < -0.4 is 4.74 Å². The molecule has 0 radical (unpaired) electrons. The highest BCUT2D eigenvalue weighted by molar-refractivity contribution is 6.36. The third-order valence-electron chi connectivity index (χ3n) is 2.49. The normalized spacial score (nSPS) is 11.2. The Hall–Kier alpha value is -2.28. The molecule has 0 saturated carbocycles. The van der Waals surface area contributed by atoms with E-state index in [0.29, 0.717) is 0 Å². The number of pyridine rings is 1. The number of hydrogen-bond donors (Lipinski definition) is 1. The van der Waals surface area contributed by atoms with Crippen molar-refractivity contribution in [1.29, 1.82) is 0 Å².